The Bertz CT molecular complexity index is 926. The first-order valence-electron chi connectivity index (χ1n) is 9.35. The third-order valence-electron chi connectivity index (χ3n) is 3.78. The van der Waals surface area contributed by atoms with Gasteiger partial charge >= 0.3 is 5.97 Å². The first-order chi connectivity index (χ1) is 14.7. The maximum Gasteiger partial charge on any atom is 0.303 e. The Balaban J connectivity index is 0.000000592. The maximum absolute atomic E-state index is 12.5. The summed E-state index contributed by atoms with van der Waals surface area (Å²) in [5.41, 5.74) is 6.40. The standard InChI is InChI=1S/C16H16N2O5S.C4H11NO2/c17-11-1-5-13(6-2-11)24(22,23)14-7-3-12(4-8-14)18-15(19)9-10-16(20)21;6-3-1-5-2-4-7/h1-8H,9-10,17H2,(H,18,19)(H,20,21);5-7H,1-4H2. The van der Waals surface area contributed by atoms with Gasteiger partial charge < -0.3 is 31.7 Å². The summed E-state index contributed by atoms with van der Waals surface area (Å²) in [6.07, 6.45) is -0.420. The van der Waals surface area contributed by atoms with Crippen LogP contribution < -0.4 is 16.4 Å². The largest absolute Gasteiger partial charge is 0.481 e. The Morgan fingerprint density at radius 3 is 1.77 bits per heavy atom. The third kappa shape index (κ3) is 9.57. The van der Waals surface area contributed by atoms with E-state index in [1.54, 1.807) is 0 Å². The molecule has 0 aliphatic carbocycles. The van der Waals surface area contributed by atoms with Crippen molar-refractivity contribution in [1.82, 2.24) is 5.32 Å². The van der Waals surface area contributed by atoms with E-state index >= 15 is 0 Å². The van der Waals surface area contributed by atoms with Gasteiger partial charge in [0.25, 0.3) is 0 Å². The van der Waals surface area contributed by atoms with Gasteiger partial charge in [-0.2, -0.15) is 0 Å². The molecule has 0 saturated carbocycles. The number of carbonyl (C=O) groups excluding carboxylic acids is 1. The number of carboxylic acid groups (broad SMARTS) is 1. The quantitative estimate of drug-likeness (QED) is 0.220. The van der Waals surface area contributed by atoms with E-state index in [1.165, 1.54) is 48.5 Å². The number of aliphatic carboxylic acids is 1. The lowest BCUT2D eigenvalue weighted by atomic mass is 10.2. The second-order valence-corrected chi connectivity index (χ2v) is 8.19. The minimum atomic E-state index is -3.67. The third-order valence-corrected chi connectivity index (χ3v) is 5.57. The molecule has 11 heteroatoms. The summed E-state index contributed by atoms with van der Waals surface area (Å²) in [5.74, 6) is -1.51. The van der Waals surface area contributed by atoms with Crippen LogP contribution in [-0.4, -0.2) is 61.9 Å². The van der Waals surface area contributed by atoms with Crippen molar-refractivity contribution in [3.05, 3.63) is 48.5 Å². The van der Waals surface area contributed by atoms with E-state index in [0.717, 1.165) is 0 Å². The number of nitrogens with two attached hydrogens (primary N) is 1. The number of nitrogen functional groups attached to an aromatic ring is 1. The number of nitrogens with one attached hydrogen (secondary N) is 2. The summed E-state index contributed by atoms with van der Waals surface area (Å²) in [4.78, 5) is 22.2. The van der Waals surface area contributed by atoms with Crippen molar-refractivity contribution in [2.45, 2.75) is 22.6 Å². The molecule has 0 saturated heterocycles. The number of sulfone groups is 1. The van der Waals surface area contributed by atoms with Crippen LogP contribution in [0.4, 0.5) is 11.4 Å². The molecular formula is C20H27N3O7S. The fraction of sp³-hybridized carbons (Fsp3) is 0.300. The van der Waals surface area contributed by atoms with Crippen LogP contribution in [0.2, 0.25) is 0 Å². The number of carboxylic acids is 1. The number of carbonyl (C=O) groups is 2. The van der Waals surface area contributed by atoms with Gasteiger partial charge in [-0.25, -0.2) is 8.42 Å². The number of amides is 1. The van der Waals surface area contributed by atoms with Gasteiger partial charge in [-0.3, -0.25) is 9.59 Å². The van der Waals surface area contributed by atoms with Crippen molar-refractivity contribution in [2.24, 2.45) is 0 Å². The van der Waals surface area contributed by atoms with Gasteiger partial charge in [0.1, 0.15) is 0 Å². The number of hydrogen-bond acceptors (Lipinski definition) is 8. The molecule has 10 nitrogen and oxygen atoms in total. The first kappa shape index (κ1) is 26.0. The minimum absolute atomic E-state index is 0.0795. The summed E-state index contributed by atoms with van der Waals surface area (Å²) < 4.78 is 24.9. The smallest absolute Gasteiger partial charge is 0.303 e. The molecule has 0 unspecified atom stereocenters. The summed E-state index contributed by atoms with van der Waals surface area (Å²) in [7, 11) is -3.67. The summed E-state index contributed by atoms with van der Waals surface area (Å²) in [6, 6.07) is 11.5. The molecule has 2 aromatic rings. The molecule has 0 spiro atoms. The van der Waals surface area contributed by atoms with Crippen molar-refractivity contribution in [2.75, 3.05) is 37.4 Å². The highest BCUT2D eigenvalue weighted by atomic mass is 32.2. The van der Waals surface area contributed by atoms with Gasteiger partial charge in [-0.1, -0.05) is 0 Å². The van der Waals surface area contributed by atoms with Crippen LogP contribution in [-0.2, 0) is 19.4 Å². The Morgan fingerprint density at radius 1 is 0.839 bits per heavy atom. The van der Waals surface area contributed by atoms with E-state index in [1.807, 2.05) is 0 Å². The molecule has 0 fully saturated rings. The maximum atomic E-state index is 12.5. The Hall–Kier alpha value is -2.99. The topological polar surface area (TPSA) is 179 Å². The van der Waals surface area contributed by atoms with Crippen molar-refractivity contribution in [3.63, 3.8) is 0 Å². The number of anilines is 2. The lowest BCUT2D eigenvalue weighted by molar-refractivity contribution is -0.138. The van der Waals surface area contributed by atoms with E-state index in [4.69, 9.17) is 21.1 Å². The second-order valence-electron chi connectivity index (χ2n) is 6.24. The zero-order chi connectivity index (χ0) is 23.3. The molecule has 0 atom stereocenters. The highest BCUT2D eigenvalue weighted by Gasteiger charge is 2.17. The average molecular weight is 454 g/mol. The fourth-order valence-electron chi connectivity index (χ4n) is 2.23. The Labute approximate surface area is 180 Å². The van der Waals surface area contributed by atoms with Crippen molar-refractivity contribution >= 4 is 33.1 Å². The normalized spacial score (nSPS) is 10.6. The molecule has 2 aromatic carbocycles. The van der Waals surface area contributed by atoms with Gasteiger partial charge in [0.05, 0.1) is 29.4 Å². The number of aliphatic hydroxyl groups excluding tert-OH is 2. The van der Waals surface area contributed by atoms with E-state index in [2.05, 4.69) is 10.6 Å². The zero-order valence-corrected chi connectivity index (χ0v) is 17.6. The van der Waals surface area contributed by atoms with E-state index in [0.29, 0.717) is 24.5 Å². The van der Waals surface area contributed by atoms with Gasteiger partial charge in [-0.05, 0) is 48.5 Å². The van der Waals surface area contributed by atoms with Gasteiger partial charge in [0.15, 0.2) is 0 Å². The molecule has 0 bridgehead atoms. The molecule has 0 aliphatic heterocycles. The van der Waals surface area contributed by atoms with E-state index < -0.39 is 21.7 Å². The molecule has 1 amide bonds. The summed E-state index contributed by atoms with van der Waals surface area (Å²) >= 11 is 0. The predicted molar refractivity (Wildman–Crippen MR) is 115 cm³/mol. The monoisotopic (exact) mass is 453 g/mol. The molecule has 170 valence electrons. The number of hydrogen-bond donors (Lipinski definition) is 6. The lowest BCUT2D eigenvalue weighted by Crippen LogP contribution is -2.21. The molecule has 0 aliphatic rings. The second kappa shape index (κ2) is 13.3. The highest BCUT2D eigenvalue weighted by Crippen LogP contribution is 2.23. The lowest BCUT2D eigenvalue weighted by Gasteiger charge is -2.07. The summed E-state index contributed by atoms with van der Waals surface area (Å²) in [5, 5.41) is 30.1. The number of rotatable bonds is 10. The van der Waals surface area contributed by atoms with Crippen LogP contribution >= 0.6 is 0 Å². The molecule has 0 aromatic heterocycles. The molecule has 7 N–H and O–H groups in total. The predicted octanol–water partition coefficient (Wildman–Crippen LogP) is 0.465. The highest BCUT2D eigenvalue weighted by molar-refractivity contribution is 7.91. The molecule has 0 heterocycles. The number of aliphatic hydroxyl groups is 2. The minimum Gasteiger partial charge on any atom is -0.481 e. The van der Waals surface area contributed by atoms with Crippen LogP contribution in [0.1, 0.15) is 12.8 Å². The van der Waals surface area contributed by atoms with Gasteiger partial charge in [0.2, 0.25) is 15.7 Å². The SMILES string of the molecule is Nc1ccc(S(=O)(=O)c2ccc(NC(=O)CCC(=O)O)cc2)cc1.OCCNCCO. The van der Waals surface area contributed by atoms with Gasteiger partial charge in [-0.15, -0.1) is 0 Å². The van der Waals surface area contributed by atoms with Crippen LogP contribution in [0.25, 0.3) is 0 Å². The zero-order valence-electron chi connectivity index (χ0n) is 16.8. The Kier molecular flexibility index (Phi) is 11.2. The van der Waals surface area contributed by atoms with Crippen molar-refractivity contribution in [3.8, 4) is 0 Å². The fourth-order valence-corrected chi connectivity index (χ4v) is 3.49. The Morgan fingerprint density at radius 2 is 1.32 bits per heavy atom. The molecule has 31 heavy (non-hydrogen) atoms. The van der Waals surface area contributed by atoms with Crippen LogP contribution in [0.5, 0.6) is 0 Å². The van der Waals surface area contributed by atoms with Crippen molar-refractivity contribution < 1.29 is 33.3 Å². The summed E-state index contributed by atoms with van der Waals surface area (Å²) in [6.45, 7) is 1.42. The average Bonchev–Trinajstić information content (AvgIpc) is 2.74. The molecular weight excluding hydrogens is 426 g/mol. The van der Waals surface area contributed by atoms with Crippen molar-refractivity contribution in [1.29, 1.82) is 0 Å². The molecule has 2 rings (SSSR count). The van der Waals surface area contributed by atoms with E-state index in [9.17, 15) is 18.0 Å². The van der Waals surface area contributed by atoms with Crippen LogP contribution in [0.15, 0.2) is 58.3 Å². The van der Waals surface area contributed by atoms with Crippen LogP contribution in [0.3, 0.4) is 0 Å². The van der Waals surface area contributed by atoms with E-state index in [-0.39, 0.29) is 35.8 Å². The first-order valence-corrected chi connectivity index (χ1v) is 10.8. The number of benzene rings is 2. The van der Waals surface area contributed by atoms with Crippen LogP contribution in [0, 0.1) is 0 Å². The van der Waals surface area contributed by atoms with Gasteiger partial charge in [0, 0.05) is 30.9 Å². The molecule has 0 radical (unpaired) electrons.